The third-order valence-electron chi connectivity index (χ3n) is 4.12. The zero-order valence-electron chi connectivity index (χ0n) is 11.6. The Labute approximate surface area is 119 Å². The van der Waals surface area contributed by atoms with Gasteiger partial charge in [-0.2, -0.15) is 0 Å². The molecule has 1 aliphatic heterocycles. The number of hydrogen-bond acceptors (Lipinski definition) is 3. The van der Waals surface area contributed by atoms with Crippen LogP contribution in [-0.4, -0.2) is 18.7 Å². The Bertz CT molecular complexity index is 486. The zero-order valence-corrected chi connectivity index (χ0v) is 11.6. The van der Waals surface area contributed by atoms with Gasteiger partial charge in [0.15, 0.2) is 0 Å². The van der Waals surface area contributed by atoms with Crippen LogP contribution in [0.3, 0.4) is 0 Å². The van der Waals surface area contributed by atoms with E-state index in [0.29, 0.717) is 23.8 Å². The van der Waals surface area contributed by atoms with Crippen molar-refractivity contribution >= 4 is 5.97 Å². The first-order valence-corrected chi connectivity index (χ1v) is 7.42. The van der Waals surface area contributed by atoms with E-state index >= 15 is 0 Å². The molecule has 0 unspecified atom stereocenters. The fourth-order valence-corrected chi connectivity index (χ4v) is 3.01. The van der Waals surface area contributed by atoms with E-state index < -0.39 is 0 Å². The van der Waals surface area contributed by atoms with E-state index in [0.717, 1.165) is 0 Å². The summed E-state index contributed by atoms with van der Waals surface area (Å²) in [5.41, 5.74) is 0.578. The number of hydrogen-bond donors (Lipinski definition) is 0. The number of carbonyl (C=O) groups is 1. The highest BCUT2D eigenvalue weighted by molar-refractivity contribution is 5.90. The van der Waals surface area contributed by atoms with Gasteiger partial charge in [0.25, 0.3) is 0 Å². The van der Waals surface area contributed by atoms with Crippen LogP contribution in [0.2, 0.25) is 0 Å². The van der Waals surface area contributed by atoms with E-state index in [1.807, 2.05) is 24.3 Å². The highest BCUT2D eigenvalue weighted by atomic mass is 16.6. The van der Waals surface area contributed by atoms with E-state index in [2.05, 4.69) is 0 Å². The molecule has 1 saturated carbocycles. The summed E-state index contributed by atoms with van der Waals surface area (Å²) in [6, 6.07) is 9.07. The minimum absolute atomic E-state index is 0.133. The quantitative estimate of drug-likeness (QED) is 0.787. The molecule has 1 fully saturated rings. The fourth-order valence-electron chi connectivity index (χ4n) is 3.01. The standard InChI is InChI=1S/C17H20O3/c18-17(14-9-5-2-6-10-14)20-15-11-16(19-12-15)13-7-3-1-4-8-13/h2,5-6,9-11,13,16H,1,3-4,7-8,12H2/t16-/m0/s1. The van der Waals surface area contributed by atoms with Gasteiger partial charge >= 0.3 is 5.97 Å². The Morgan fingerprint density at radius 2 is 1.85 bits per heavy atom. The third-order valence-corrected chi connectivity index (χ3v) is 4.12. The van der Waals surface area contributed by atoms with Crippen LogP contribution in [-0.2, 0) is 9.47 Å². The molecule has 0 saturated heterocycles. The highest BCUT2D eigenvalue weighted by Crippen LogP contribution is 2.31. The normalized spacial score (nSPS) is 23.4. The molecule has 3 heteroatoms. The van der Waals surface area contributed by atoms with Gasteiger partial charge < -0.3 is 9.47 Å². The molecule has 1 aliphatic carbocycles. The van der Waals surface area contributed by atoms with Crippen LogP contribution in [0.15, 0.2) is 42.2 Å². The summed E-state index contributed by atoms with van der Waals surface area (Å²) in [5.74, 6) is 0.954. The molecule has 3 rings (SSSR count). The van der Waals surface area contributed by atoms with Gasteiger partial charge in [-0.05, 0) is 37.0 Å². The van der Waals surface area contributed by atoms with Crippen LogP contribution in [0.5, 0.6) is 0 Å². The number of benzene rings is 1. The van der Waals surface area contributed by atoms with Crippen molar-refractivity contribution in [3.8, 4) is 0 Å². The lowest BCUT2D eigenvalue weighted by Gasteiger charge is -2.25. The van der Waals surface area contributed by atoms with E-state index in [1.165, 1.54) is 32.1 Å². The monoisotopic (exact) mass is 272 g/mol. The predicted molar refractivity (Wildman–Crippen MR) is 76.3 cm³/mol. The van der Waals surface area contributed by atoms with Crippen molar-refractivity contribution in [2.45, 2.75) is 38.2 Å². The summed E-state index contributed by atoms with van der Waals surface area (Å²) >= 11 is 0. The first-order chi connectivity index (χ1) is 9.83. The number of ether oxygens (including phenoxy) is 2. The molecule has 106 valence electrons. The second-order valence-electron chi connectivity index (χ2n) is 5.56. The fraction of sp³-hybridized carbons (Fsp3) is 0.471. The minimum Gasteiger partial charge on any atom is -0.425 e. The van der Waals surface area contributed by atoms with Crippen molar-refractivity contribution in [2.75, 3.05) is 6.61 Å². The van der Waals surface area contributed by atoms with Gasteiger partial charge in [-0.25, -0.2) is 4.79 Å². The van der Waals surface area contributed by atoms with Gasteiger partial charge in [0.05, 0.1) is 11.7 Å². The number of esters is 1. The number of carbonyl (C=O) groups excluding carboxylic acids is 1. The molecule has 20 heavy (non-hydrogen) atoms. The second kappa shape index (κ2) is 6.23. The molecule has 0 radical (unpaired) electrons. The Balaban J connectivity index is 1.59. The first-order valence-electron chi connectivity index (χ1n) is 7.42. The van der Waals surface area contributed by atoms with Crippen molar-refractivity contribution < 1.29 is 14.3 Å². The summed E-state index contributed by atoms with van der Waals surface area (Å²) < 4.78 is 11.2. The Hall–Kier alpha value is -1.61. The molecular weight excluding hydrogens is 252 g/mol. The van der Waals surface area contributed by atoms with Crippen LogP contribution in [0.25, 0.3) is 0 Å². The van der Waals surface area contributed by atoms with Crippen molar-refractivity contribution in [1.82, 2.24) is 0 Å². The molecule has 0 spiro atoms. The molecular formula is C17H20O3. The van der Waals surface area contributed by atoms with Crippen LogP contribution in [0.4, 0.5) is 0 Å². The van der Waals surface area contributed by atoms with Crippen LogP contribution in [0, 0.1) is 5.92 Å². The SMILES string of the molecule is O=C(OC1=C[C@@H](C2CCCCC2)OC1)c1ccccc1. The second-order valence-corrected chi connectivity index (χ2v) is 5.56. The van der Waals surface area contributed by atoms with Gasteiger partial charge in [-0.1, -0.05) is 37.5 Å². The Kier molecular flexibility index (Phi) is 4.16. The molecule has 0 aromatic heterocycles. The maximum Gasteiger partial charge on any atom is 0.343 e. The summed E-state index contributed by atoms with van der Waals surface area (Å²) in [6.45, 7) is 0.416. The topological polar surface area (TPSA) is 35.5 Å². The van der Waals surface area contributed by atoms with Crippen LogP contribution >= 0.6 is 0 Å². The molecule has 1 aromatic rings. The van der Waals surface area contributed by atoms with E-state index in [1.54, 1.807) is 12.1 Å². The summed E-state index contributed by atoms with van der Waals surface area (Å²) in [5, 5.41) is 0. The highest BCUT2D eigenvalue weighted by Gasteiger charge is 2.28. The molecule has 1 aromatic carbocycles. The summed E-state index contributed by atoms with van der Waals surface area (Å²) in [4.78, 5) is 12.0. The van der Waals surface area contributed by atoms with Crippen molar-refractivity contribution in [3.63, 3.8) is 0 Å². The lowest BCUT2D eigenvalue weighted by Crippen LogP contribution is -2.21. The van der Waals surface area contributed by atoms with Gasteiger partial charge in [0, 0.05) is 0 Å². The number of rotatable bonds is 3. The average Bonchev–Trinajstić information content (AvgIpc) is 2.97. The van der Waals surface area contributed by atoms with Gasteiger partial charge in [-0.15, -0.1) is 0 Å². The lowest BCUT2D eigenvalue weighted by molar-refractivity contribution is 0.0427. The minimum atomic E-state index is -0.301. The van der Waals surface area contributed by atoms with Crippen LogP contribution < -0.4 is 0 Å². The molecule has 1 heterocycles. The predicted octanol–water partition coefficient (Wildman–Crippen LogP) is 3.71. The van der Waals surface area contributed by atoms with E-state index in [9.17, 15) is 4.79 Å². The van der Waals surface area contributed by atoms with Crippen LogP contribution in [0.1, 0.15) is 42.5 Å². The zero-order chi connectivity index (χ0) is 13.8. The molecule has 0 bridgehead atoms. The van der Waals surface area contributed by atoms with Crippen molar-refractivity contribution in [1.29, 1.82) is 0 Å². The molecule has 3 nitrogen and oxygen atoms in total. The molecule has 1 atom stereocenters. The Morgan fingerprint density at radius 1 is 1.10 bits per heavy atom. The Morgan fingerprint density at radius 3 is 2.60 bits per heavy atom. The molecule has 0 amide bonds. The third kappa shape index (κ3) is 3.10. The van der Waals surface area contributed by atoms with Gasteiger partial charge in [0.2, 0.25) is 0 Å². The molecule has 2 aliphatic rings. The van der Waals surface area contributed by atoms with Gasteiger partial charge in [0.1, 0.15) is 12.4 Å². The van der Waals surface area contributed by atoms with Crippen molar-refractivity contribution in [2.24, 2.45) is 5.92 Å². The largest absolute Gasteiger partial charge is 0.425 e. The maximum absolute atomic E-state index is 12.0. The summed E-state index contributed by atoms with van der Waals surface area (Å²) in [6.07, 6.45) is 8.49. The smallest absolute Gasteiger partial charge is 0.343 e. The lowest BCUT2D eigenvalue weighted by atomic mass is 9.85. The van der Waals surface area contributed by atoms with E-state index in [-0.39, 0.29) is 12.1 Å². The van der Waals surface area contributed by atoms with E-state index in [4.69, 9.17) is 9.47 Å². The summed E-state index contributed by atoms with van der Waals surface area (Å²) in [7, 11) is 0. The maximum atomic E-state index is 12.0. The first kappa shape index (κ1) is 13.4. The van der Waals surface area contributed by atoms with Crippen molar-refractivity contribution in [3.05, 3.63) is 47.7 Å². The van der Waals surface area contributed by atoms with Gasteiger partial charge in [-0.3, -0.25) is 0 Å². The molecule has 0 N–H and O–H groups in total. The average molecular weight is 272 g/mol.